The van der Waals surface area contributed by atoms with Crippen molar-refractivity contribution in [2.45, 2.75) is 98.4 Å². The molecule has 3 aliphatic rings. The Morgan fingerprint density at radius 2 is 1.94 bits per heavy atom. The van der Waals surface area contributed by atoms with Crippen molar-refractivity contribution in [1.29, 1.82) is 0 Å². The van der Waals surface area contributed by atoms with Gasteiger partial charge in [0.05, 0.1) is 17.9 Å². The highest BCUT2D eigenvalue weighted by Crippen LogP contribution is 2.45. The van der Waals surface area contributed by atoms with Crippen LogP contribution in [-0.4, -0.2) is 36.9 Å². The quantitative estimate of drug-likeness (QED) is 0.452. The molecule has 2 aliphatic carbocycles. The second-order valence-corrected chi connectivity index (χ2v) is 10.7. The van der Waals surface area contributed by atoms with Gasteiger partial charge in [-0.2, -0.15) is 0 Å². The highest BCUT2D eigenvalue weighted by atomic mass is 16.6. The summed E-state index contributed by atoms with van der Waals surface area (Å²) in [7, 11) is 0. The van der Waals surface area contributed by atoms with Crippen LogP contribution in [0.3, 0.4) is 0 Å². The third-order valence-electron chi connectivity index (χ3n) is 7.73. The Kier molecular flexibility index (Phi) is 8.24. The summed E-state index contributed by atoms with van der Waals surface area (Å²) in [6.45, 7) is 13.0. The van der Waals surface area contributed by atoms with E-state index in [4.69, 9.17) is 14.2 Å². The Bertz CT molecular complexity index is 736. The van der Waals surface area contributed by atoms with Gasteiger partial charge in [0.1, 0.15) is 12.2 Å². The fraction of sp³-hybridized carbons (Fsp3) is 0.778. The van der Waals surface area contributed by atoms with Crippen molar-refractivity contribution in [2.24, 2.45) is 29.1 Å². The monoisotopic (exact) mass is 446 g/mol. The van der Waals surface area contributed by atoms with Crippen molar-refractivity contribution in [3.05, 3.63) is 23.8 Å². The molecule has 0 aromatic heterocycles. The minimum Gasteiger partial charge on any atom is -0.462 e. The van der Waals surface area contributed by atoms with Crippen LogP contribution in [0, 0.1) is 29.1 Å². The average Bonchev–Trinajstić information content (AvgIpc) is 2.73. The summed E-state index contributed by atoms with van der Waals surface area (Å²) in [6.07, 6.45) is 11.1. The number of cyclic esters (lactones) is 1. The molecular weight excluding hydrogens is 404 g/mol. The lowest BCUT2D eigenvalue weighted by molar-refractivity contribution is -0.166. The van der Waals surface area contributed by atoms with Crippen LogP contribution >= 0.6 is 0 Å². The number of carbonyl (C=O) groups excluding carboxylic acids is 2. The first-order chi connectivity index (χ1) is 15.1. The second-order valence-electron chi connectivity index (χ2n) is 10.7. The van der Waals surface area contributed by atoms with Crippen LogP contribution in [0.25, 0.3) is 0 Å². The van der Waals surface area contributed by atoms with Crippen molar-refractivity contribution in [3.63, 3.8) is 0 Å². The number of hydrogen-bond acceptors (Lipinski definition) is 5. The maximum Gasteiger partial charge on any atom is 0.311 e. The van der Waals surface area contributed by atoms with Crippen LogP contribution in [-0.2, 0) is 23.8 Å². The van der Waals surface area contributed by atoms with Gasteiger partial charge in [0.2, 0.25) is 0 Å². The summed E-state index contributed by atoms with van der Waals surface area (Å²) in [4.78, 5) is 25.0. The van der Waals surface area contributed by atoms with E-state index in [1.165, 1.54) is 5.57 Å². The zero-order valence-corrected chi connectivity index (χ0v) is 20.8. The molecule has 0 aromatic rings. The van der Waals surface area contributed by atoms with Crippen molar-refractivity contribution in [3.8, 4) is 0 Å². The zero-order chi connectivity index (χ0) is 23.5. The summed E-state index contributed by atoms with van der Waals surface area (Å²) in [6, 6.07) is 0. The fourth-order valence-corrected chi connectivity index (χ4v) is 5.43. The number of allylic oxidation sites excluding steroid dienone is 3. The van der Waals surface area contributed by atoms with Gasteiger partial charge in [0.15, 0.2) is 0 Å². The van der Waals surface area contributed by atoms with Gasteiger partial charge in [0.25, 0.3) is 0 Å². The van der Waals surface area contributed by atoms with Gasteiger partial charge < -0.3 is 14.2 Å². The van der Waals surface area contributed by atoms with Crippen LogP contribution in [0.4, 0.5) is 0 Å². The first-order valence-electron chi connectivity index (χ1n) is 12.6. The van der Waals surface area contributed by atoms with Crippen LogP contribution in [0.15, 0.2) is 23.8 Å². The van der Waals surface area contributed by atoms with Crippen LogP contribution in [0.2, 0.25) is 0 Å². The summed E-state index contributed by atoms with van der Waals surface area (Å²) in [5, 5.41) is 0. The minimum atomic E-state index is -0.471. The molecule has 5 heteroatoms. The van der Waals surface area contributed by atoms with Gasteiger partial charge in [0, 0.05) is 18.9 Å². The molecule has 0 bridgehead atoms. The topological polar surface area (TPSA) is 61.8 Å². The number of esters is 2. The van der Waals surface area contributed by atoms with Gasteiger partial charge >= 0.3 is 11.9 Å². The smallest absolute Gasteiger partial charge is 0.311 e. The largest absolute Gasteiger partial charge is 0.462 e. The lowest BCUT2D eigenvalue weighted by atomic mass is 9.65. The van der Waals surface area contributed by atoms with Gasteiger partial charge in [-0.3, -0.25) is 9.59 Å². The standard InChI is InChI=1S/C27H42O5/c1-7-27(5,6)26(29)32-23-14-17(3)13-19-10-9-18(4)22(25(19)23)12-11-20-15-21(30-8-2)16-24(28)31-20/h9-10,13,17-18,20-23,25H,7-8,11-12,14-16H2,1-6H3/t17-,18-,20+,21+,22-,23-,25+/m0/s1. The Hall–Kier alpha value is -1.62. The number of rotatable bonds is 8. The van der Waals surface area contributed by atoms with Crippen molar-refractivity contribution in [2.75, 3.05) is 6.61 Å². The first kappa shape index (κ1) is 25.0. The van der Waals surface area contributed by atoms with E-state index in [0.29, 0.717) is 30.8 Å². The molecule has 180 valence electrons. The minimum absolute atomic E-state index is 0.0362. The maximum absolute atomic E-state index is 12.9. The second kappa shape index (κ2) is 10.5. The molecule has 32 heavy (non-hydrogen) atoms. The highest BCUT2D eigenvalue weighted by Gasteiger charge is 2.43. The molecule has 1 aliphatic heterocycles. The Balaban J connectivity index is 1.74. The van der Waals surface area contributed by atoms with Gasteiger partial charge in [-0.05, 0) is 69.8 Å². The predicted molar refractivity (Wildman–Crippen MR) is 125 cm³/mol. The van der Waals surface area contributed by atoms with E-state index in [1.54, 1.807) is 0 Å². The molecule has 0 amide bonds. The fourth-order valence-electron chi connectivity index (χ4n) is 5.43. The molecule has 1 saturated heterocycles. The Labute approximate surface area is 193 Å². The van der Waals surface area contributed by atoms with E-state index < -0.39 is 5.41 Å². The number of fused-ring (bicyclic) bond motifs is 1. The van der Waals surface area contributed by atoms with Crippen LogP contribution in [0.5, 0.6) is 0 Å². The molecule has 0 unspecified atom stereocenters. The molecule has 7 atom stereocenters. The summed E-state index contributed by atoms with van der Waals surface area (Å²) >= 11 is 0. The number of hydrogen-bond donors (Lipinski definition) is 0. The van der Waals surface area contributed by atoms with Crippen molar-refractivity contribution in [1.82, 2.24) is 0 Å². The molecule has 0 aromatic carbocycles. The molecular formula is C27H42O5. The molecule has 0 N–H and O–H groups in total. The van der Waals surface area contributed by atoms with E-state index in [1.807, 2.05) is 27.7 Å². The highest BCUT2D eigenvalue weighted by molar-refractivity contribution is 5.76. The molecule has 0 radical (unpaired) electrons. The van der Waals surface area contributed by atoms with E-state index in [0.717, 1.165) is 32.1 Å². The van der Waals surface area contributed by atoms with Crippen molar-refractivity contribution < 1.29 is 23.8 Å². The first-order valence-corrected chi connectivity index (χ1v) is 12.6. The number of ether oxygens (including phenoxy) is 3. The third-order valence-corrected chi connectivity index (χ3v) is 7.73. The molecule has 0 saturated carbocycles. The number of carbonyl (C=O) groups is 2. The normalized spacial score (nSPS) is 35.0. The third kappa shape index (κ3) is 5.84. The van der Waals surface area contributed by atoms with E-state index in [2.05, 4.69) is 32.1 Å². The SMILES string of the molecule is CCO[C@H]1CC(=O)O[C@H](CC[C@@H]2[C@H]3C(=C[C@H](C)C[C@@H]3OC(=O)C(C)(C)CC)C=C[C@@H]2C)C1. The lowest BCUT2D eigenvalue weighted by Gasteiger charge is -2.44. The van der Waals surface area contributed by atoms with Gasteiger partial charge in [-0.15, -0.1) is 0 Å². The maximum atomic E-state index is 12.9. The van der Waals surface area contributed by atoms with E-state index in [-0.39, 0.29) is 36.2 Å². The summed E-state index contributed by atoms with van der Waals surface area (Å²) in [5.74, 6) is 1.07. The lowest BCUT2D eigenvalue weighted by Crippen LogP contribution is -2.43. The predicted octanol–water partition coefficient (Wildman–Crippen LogP) is 5.63. The van der Waals surface area contributed by atoms with Gasteiger partial charge in [-0.1, -0.05) is 39.0 Å². The van der Waals surface area contributed by atoms with E-state index in [9.17, 15) is 9.59 Å². The Morgan fingerprint density at radius 1 is 1.19 bits per heavy atom. The zero-order valence-electron chi connectivity index (χ0n) is 20.8. The van der Waals surface area contributed by atoms with Crippen LogP contribution in [0.1, 0.15) is 80.1 Å². The molecule has 0 spiro atoms. The Morgan fingerprint density at radius 3 is 2.62 bits per heavy atom. The average molecular weight is 447 g/mol. The molecule has 5 nitrogen and oxygen atoms in total. The summed E-state index contributed by atoms with van der Waals surface area (Å²) in [5.41, 5.74) is 0.826. The summed E-state index contributed by atoms with van der Waals surface area (Å²) < 4.78 is 17.6. The van der Waals surface area contributed by atoms with Crippen LogP contribution < -0.4 is 0 Å². The van der Waals surface area contributed by atoms with Crippen molar-refractivity contribution >= 4 is 11.9 Å². The molecule has 3 rings (SSSR count). The van der Waals surface area contributed by atoms with E-state index >= 15 is 0 Å². The molecule has 1 heterocycles. The van der Waals surface area contributed by atoms with Gasteiger partial charge in [-0.25, -0.2) is 0 Å². The molecule has 1 fully saturated rings.